The third kappa shape index (κ3) is 4.14. The SMILES string of the molecule is Cc1ccc(NC(=O)OC(C)(C)C)cc1S. The largest absolute Gasteiger partial charge is 0.444 e. The van der Waals surface area contributed by atoms with Gasteiger partial charge in [0.25, 0.3) is 0 Å². The molecule has 0 bridgehead atoms. The Morgan fingerprint density at radius 1 is 1.38 bits per heavy atom. The molecule has 0 saturated heterocycles. The second-order valence-electron chi connectivity index (χ2n) is 4.63. The fourth-order valence-corrected chi connectivity index (χ4v) is 1.32. The molecule has 0 atom stereocenters. The highest BCUT2D eigenvalue weighted by atomic mass is 32.1. The Hall–Kier alpha value is -1.16. The minimum Gasteiger partial charge on any atom is -0.444 e. The molecule has 0 radical (unpaired) electrons. The Labute approximate surface area is 102 Å². The first-order valence-electron chi connectivity index (χ1n) is 5.07. The molecule has 0 fully saturated rings. The number of ether oxygens (including phenoxy) is 1. The van der Waals surface area contributed by atoms with Crippen molar-refractivity contribution in [3.8, 4) is 0 Å². The fourth-order valence-electron chi connectivity index (χ4n) is 1.11. The lowest BCUT2D eigenvalue weighted by Crippen LogP contribution is -2.27. The highest BCUT2D eigenvalue weighted by Gasteiger charge is 2.16. The zero-order valence-electron chi connectivity index (χ0n) is 10.00. The van der Waals surface area contributed by atoms with Gasteiger partial charge in [-0.2, -0.15) is 0 Å². The van der Waals surface area contributed by atoms with Crippen LogP contribution < -0.4 is 5.32 Å². The molecule has 1 aromatic rings. The van der Waals surface area contributed by atoms with Crippen molar-refractivity contribution in [1.29, 1.82) is 0 Å². The van der Waals surface area contributed by atoms with Crippen LogP contribution in [0.2, 0.25) is 0 Å². The third-order valence-corrected chi connectivity index (χ3v) is 2.34. The second-order valence-corrected chi connectivity index (χ2v) is 5.11. The standard InChI is InChI=1S/C12H17NO2S/c1-8-5-6-9(7-10(8)16)13-11(14)15-12(2,3)4/h5-7,16H,1-4H3,(H,13,14). The molecule has 3 nitrogen and oxygen atoms in total. The lowest BCUT2D eigenvalue weighted by Gasteiger charge is -2.19. The Balaban J connectivity index is 2.67. The summed E-state index contributed by atoms with van der Waals surface area (Å²) in [6.45, 7) is 7.43. The van der Waals surface area contributed by atoms with E-state index < -0.39 is 11.7 Å². The minimum absolute atomic E-state index is 0.455. The summed E-state index contributed by atoms with van der Waals surface area (Å²) < 4.78 is 5.14. The molecule has 0 saturated carbocycles. The topological polar surface area (TPSA) is 38.3 Å². The van der Waals surface area contributed by atoms with Gasteiger partial charge >= 0.3 is 6.09 Å². The summed E-state index contributed by atoms with van der Waals surface area (Å²) in [5.74, 6) is 0. The average Bonchev–Trinajstić information content (AvgIpc) is 2.08. The Morgan fingerprint density at radius 3 is 2.50 bits per heavy atom. The van der Waals surface area contributed by atoms with Gasteiger partial charge in [0.1, 0.15) is 5.60 Å². The molecule has 0 heterocycles. The molecule has 0 aliphatic carbocycles. The summed E-state index contributed by atoms with van der Waals surface area (Å²) in [6.07, 6.45) is -0.455. The van der Waals surface area contributed by atoms with Crippen LogP contribution in [0.5, 0.6) is 0 Å². The summed E-state index contributed by atoms with van der Waals surface area (Å²) in [6, 6.07) is 5.51. The van der Waals surface area contributed by atoms with Crippen LogP contribution in [0.3, 0.4) is 0 Å². The van der Waals surface area contributed by atoms with Gasteiger partial charge in [-0.15, -0.1) is 12.6 Å². The van der Waals surface area contributed by atoms with E-state index >= 15 is 0 Å². The second kappa shape index (κ2) is 4.78. The molecule has 0 aliphatic heterocycles. The number of amides is 1. The molecule has 0 unspecified atom stereocenters. The highest BCUT2D eigenvalue weighted by molar-refractivity contribution is 7.80. The number of hydrogen-bond acceptors (Lipinski definition) is 3. The zero-order chi connectivity index (χ0) is 12.3. The van der Waals surface area contributed by atoms with Gasteiger partial charge in [0.2, 0.25) is 0 Å². The van der Waals surface area contributed by atoms with Gasteiger partial charge in [0.05, 0.1) is 0 Å². The lowest BCUT2D eigenvalue weighted by molar-refractivity contribution is 0.0636. The molecule has 16 heavy (non-hydrogen) atoms. The number of carbonyl (C=O) groups is 1. The fraction of sp³-hybridized carbons (Fsp3) is 0.417. The Morgan fingerprint density at radius 2 is 2.00 bits per heavy atom. The van der Waals surface area contributed by atoms with Gasteiger partial charge in [-0.25, -0.2) is 4.79 Å². The zero-order valence-corrected chi connectivity index (χ0v) is 10.9. The monoisotopic (exact) mass is 239 g/mol. The van der Waals surface area contributed by atoms with Gasteiger partial charge < -0.3 is 4.74 Å². The molecule has 1 N–H and O–H groups in total. The molecular formula is C12H17NO2S. The van der Waals surface area contributed by atoms with Crippen molar-refractivity contribution >= 4 is 24.4 Å². The van der Waals surface area contributed by atoms with Crippen LogP contribution in [-0.2, 0) is 4.74 Å². The van der Waals surface area contributed by atoms with Crippen molar-refractivity contribution in [2.24, 2.45) is 0 Å². The molecule has 1 amide bonds. The maximum atomic E-state index is 11.5. The Kier molecular flexibility index (Phi) is 3.86. The first kappa shape index (κ1) is 12.9. The molecule has 1 aromatic carbocycles. The third-order valence-electron chi connectivity index (χ3n) is 1.85. The number of nitrogens with one attached hydrogen (secondary N) is 1. The summed E-state index contributed by atoms with van der Waals surface area (Å²) >= 11 is 4.28. The van der Waals surface area contributed by atoms with Gasteiger partial charge in [0, 0.05) is 10.6 Å². The number of thiol groups is 1. The quantitative estimate of drug-likeness (QED) is 0.734. The smallest absolute Gasteiger partial charge is 0.412 e. The van der Waals surface area contributed by atoms with Crippen LogP contribution in [0.25, 0.3) is 0 Å². The molecule has 0 spiro atoms. The first-order chi connectivity index (χ1) is 7.28. The highest BCUT2D eigenvalue weighted by Crippen LogP contribution is 2.19. The summed E-state index contributed by atoms with van der Waals surface area (Å²) in [5, 5.41) is 2.66. The van der Waals surface area contributed by atoms with Crippen LogP contribution in [0.15, 0.2) is 23.1 Å². The number of rotatable bonds is 1. The van der Waals surface area contributed by atoms with Crippen molar-refractivity contribution < 1.29 is 9.53 Å². The Bertz CT molecular complexity index is 396. The number of benzene rings is 1. The van der Waals surface area contributed by atoms with E-state index in [9.17, 15) is 4.79 Å². The van der Waals surface area contributed by atoms with Crippen molar-refractivity contribution in [2.45, 2.75) is 38.2 Å². The van der Waals surface area contributed by atoms with Gasteiger partial charge in [-0.05, 0) is 45.4 Å². The normalized spacial score (nSPS) is 11.1. The van der Waals surface area contributed by atoms with Gasteiger partial charge in [-0.3, -0.25) is 5.32 Å². The maximum Gasteiger partial charge on any atom is 0.412 e. The molecule has 0 aromatic heterocycles. The molecular weight excluding hydrogens is 222 g/mol. The van der Waals surface area contributed by atoms with E-state index in [4.69, 9.17) is 4.74 Å². The van der Waals surface area contributed by atoms with E-state index in [1.165, 1.54) is 0 Å². The molecule has 0 aliphatic rings. The van der Waals surface area contributed by atoms with Crippen LogP contribution in [0.1, 0.15) is 26.3 Å². The first-order valence-corrected chi connectivity index (χ1v) is 5.52. The van der Waals surface area contributed by atoms with Crippen molar-refractivity contribution in [1.82, 2.24) is 0 Å². The minimum atomic E-state index is -0.488. The van der Waals surface area contributed by atoms with Gasteiger partial charge in [-0.1, -0.05) is 6.07 Å². The van der Waals surface area contributed by atoms with E-state index in [0.717, 1.165) is 10.5 Å². The van der Waals surface area contributed by atoms with Crippen molar-refractivity contribution in [3.05, 3.63) is 23.8 Å². The maximum absolute atomic E-state index is 11.5. The molecule has 88 valence electrons. The van der Waals surface area contributed by atoms with Crippen LogP contribution >= 0.6 is 12.6 Å². The van der Waals surface area contributed by atoms with E-state index in [0.29, 0.717) is 5.69 Å². The van der Waals surface area contributed by atoms with Crippen molar-refractivity contribution in [2.75, 3.05) is 5.32 Å². The summed E-state index contributed by atoms with van der Waals surface area (Å²) in [5.41, 5.74) is 1.27. The predicted molar refractivity (Wildman–Crippen MR) is 68.3 cm³/mol. The van der Waals surface area contributed by atoms with E-state index in [-0.39, 0.29) is 0 Å². The average molecular weight is 239 g/mol. The predicted octanol–water partition coefficient (Wildman–Crippen LogP) is 3.63. The number of carbonyl (C=O) groups excluding carboxylic acids is 1. The van der Waals surface area contributed by atoms with Crippen LogP contribution in [0.4, 0.5) is 10.5 Å². The molecule has 1 rings (SSSR count). The lowest BCUT2D eigenvalue weighted by atomic mass is 10.2. The van der Waals surface area contributed by atoms with Crippen LogP contribution in [0, 0.1) is 6.92 Å². The van der Waals surface area contributed by atoms with E-state index in [1.54, 1.807) is 6.07 Å². The van der Waals surface area contributed by atoms with Crippen molar-refractivity contribution in [3.63, 3.8) is 0 Å². The van der Waals surface area contributed by atoms with E-state index in [1.807, 2.05) is 39.8 Å². The molecule has 4 heteroatoms. The van der Waals surface area contributed by atoms with Crippen LogP contribution in [-0.4, -0.2) is 11.7 Å². The number of hydrogen-bond donors (Lipinski definition) is 2. The number of anilines is 1. The van der Waals surface area contributed by atoms with Gasteiger partial charge in [0.15, 0.2) is 0 Å². The van der Waals surface area contributed by atoms with E-state index in [2.05, 4.69) is 17.9 Å². The number of aryl methyl sites for hydroxylation is 1. The summed E-state index contributed by atoms with van der Waals surface area (Å²) in [4.78, 5) is 12.3. The summed E-state index contributed by atoms with van der Waals surface area (Å²) in [7, 11) is 0.